The van der Waals surface area contributed by atoms with Crippen molar-refractivity contribution < 1.29 is 0 Å². The number of hydrogen-bond acceptors (Lipinski definition) is 6. The van der Waals surface area contributed by atoms with E-state index in [0.29, 0.717) is 12.4 Å². The molecule has 0 saturated carbocycles. The van der Waals surface area contributed by atoms with Crippen LogP contribution in [0.4, 0.5) is 5.82 Å². The second kappa shape index (κ2) is 6.55. The molecule has 0 saturated heterocycles. The molecule has 0 unspecified atom stereocenters. The molecule has 0 bridgehead atoms. The molecule has 132 valence electrons. The Bertz CT molecular complexity index is 1030. The largest absolute Gasteiger partial charge is 0.362 e. The van der Waals surface area contributed by atoms with Crippen LogP contribution in [-0.4, -0.2) is 34.5 Å². The van der Waals surface area contributed by atoms with Crippen LogP contribution in [0.5, 0.6) is 0 Å². The molecule has 8 nitrogen and oxygen atoms in total. The highest BCUT2D eigenvalue weighted by atomic mass is 15.4. The van der Waals surface area contributed by atoms with E-state index in [-0.39, 0.29) is 6.04 Å². The Balaban J connectivity index is 1.70. The lowest BCUT2D eigenvalue weighted by molar-refractivity contribution is 0.509. The molecule has 0 spiro atoms. The van der Waals surface area contributed by atoms with E-state index in [1.807, 2.05) is 46.6 Å². The molecule has 0 aliphatic rings. The van der Waals surface area contributed by atoms with Crippen LogP contribution >= 0.6 is 0 Å². The zero-order valence-electron chi connectivity index (χ0n) is 15.0. The Morgan fingerprint density at radius 2 is 1.88 bits per heavy atom. The number of aryl methyl sites for hydroxylation is 1. The topological polar surface area (TPSA) is 86.3 Å². The third-order valence-corrected chi connectivity index (χ3v) is 4.09. The van der Waals surface area contributed by atoms with Gasteiger partial charge in [0.1, 0.15) is 23.8 Å². The van der Waals surface area contributed by atoms with E-state index in [4.69, 9.17) is 0 Å². The third kappa shape index (κ3) is 2.90. The second-order valence-electron chi connectivity index (χ2n) is 6.32. The van der Waals surface area contributed by atoms with Crippen molar-refractivity contribution in [2.75, 3.05) is 5.32 Å². The van der Waals surface area contributed by atoms with Gasteiger partial charge >= 0.3 is 0 Å². The number of nitrogens with zero attached hydrogens (tertiary/aromatic N) is 7. The quantitative estimate of drug-likeness (QED) is 0.597. The molecule has 0 amide bonds. The highest BCUT2D eigenvalue weighted by molar-refractivity contribution is 5.87. The Morgan fingerprint density at radius 1 is 1.08 bits per heavy atom. The zero-order chi connectivity index (χ0) is 18.1. The second-order valence-corrected chi connectivity index (χ2v) is 6.32. The minimum absolute atomic E-state index is 0.252. The van der Waals surface area contributed by atoms with Crippen molar-refractivity contribution >= 4 is 16.9 Å². The summed E-state index contributed by atoms with van der Waals surface area (Å²) in [6, 6.07) is 10.2. The van der Waals surface area contributed by atoms with Gasteiger partial charge in [-0.25, -0.2) is 24.3 Å². The molecule has 3 aromatic heterocycles. The number of benzene rings is 1. The molecule has 26 heavy (non-hydrogen) atoms. The fraction of sp³-hybridized carbons (Fsp3) is 0.278. The molecule has 4 rings (SSSR count). The van der Waals surface area contributed by atoms with E-state index < -0.39 is 0 Å². The first-order chi connectivity index (χ1) is 12.6. The van der Waals surface area contributed by atoms with Crippen LogP contribution in [0.25, 0.3) is 16.7 Å². The number of fused-ring (bicyclic) bond motifs is 1. The number of aromatic nitrogens is 7. The van der Waals surface area contributed by atoms with Gasteiger partial charge in [-0.1, -0.05) is 18.2 Å². The first kappa shape index (κ1) is 16.2. The smallest absolute Gasteiger partial charge is 0.168 e. The summed E-state index contributed by atoms with van der Waals surface area (Å²) in [6.07, 6.45) is 3.36. The Morgan fingerprint density at radius 3 is 2.65 bits per heavy atom. The molecule has 8 heteroatoms. The third-order valence-electron chi connectivity index (χ3n) is 4.09. The van der Waals surface area contributed by atoms with Gasteiger partial charge in [-0.3, -0.25) is 0 Å². The Labute approximate surface area is 150 Å². The van der Waals surface area contributed by atoms with Gasteiger partial charge < -0.3 is 5.32 Å². The van der Waals surface area contributed by atoms with Crippen LogP contribution in [0, 0.1) is 6.92 Å². The molecule has 0 fully saturated rings. The van der Waals surface area contributed by atoms with Crippen molar-refractivity contribution in [2.24, 2.45) is 0 Å². The summed E-state index contributed by atoms with van der Waals surface area (Å²) in [5, 5.41) is 13.0. The van der Waals surface area contributed by atoms with Crippen molar-refractivity contribution in [2.45, 2.75) is 33.4 Å². The molecule has 4 aromatic rings. The van der Waals surface area contributed by atoms with E-state index in [2.05, 4.69) is 44.3 Å². The van der Waals surface area contributed by atoms with E-state index in [1.54, 1.807) is 12.5 Å². The maximum Gasteiger partial charge on any atom is 0.168 e. The fourth-order valence-corrected chi connectivity index (χ4v) is 2.90. The number of hydrogen-bond donors (Lipinski definition) is 1. The predicted molar refractivity (Wildman–Crippen MR) is 99.1 cm³/mol. The highest BCUT2D eigenvalue weighted by Gasteiger charge is 2.14. The van der Waals surface area contributed by atoms with Gasteiger partial charge in [-0.2, -0.15) is 10.2 Å². The molecular formula is C18H20N8. The van der Waals surface area contributed by atoms with Gasteiger partial charge in [-0.15, -0.1) is 0 Å². The van der Waals surface area contributed by atoms with Crippen molar-refractivity contribution in [3.63, 3.8) is 0 Å². The lowest BCUT2D eigenvalue weighted by atomic mass is 10.3. The van der Waals surface area contributed by atoms with Crippen LogP contribution in [0.15, 0.2) is 42.9 Å². The van der Waals surface area contributed by atoms with Gasteiger partial charge in [-0.05, 0) is 32.9 Å². The molecule has 0 aliphatic heterocycles. The predicted octanol–water partition coefficient (Wildman–Crippen LogP) is 2.91. The molecule has 0 radical (unpaired) electrons. The zero-order valence-corrected chi connectivity index (χ0v) is 15.0. The minimum Gasteiger partial charge on any atom is -0.362 e. The summed E-state index contributed by atoms with van der Waals surface area (Å²) >= 11 is 0. The number of nitrogens with one attached hydrogen (secondary N) is 1. The lowest BCUT2D eigenvalue weighted by Gasteiger charge is -2.11. The number of anilines is 1. The first-order valence-electron chi connectivity index (χ1n) is 8.53. The minimum atomic E-state index is 0.252. The lowest BCUT2D eigenvalue weighted by Crippen LogP contribution is -2.13. The summed E-state index contributed by atoms with van der Waals surface area (Å²) in [7, 11) is 0. The monoisotopic (exact) mass is 348 g/mol. The summed E-state index contributed by atoms with van der Waals surface area (Å²) in [4.78, 5) is 13.5. The SMILES string of the molecule is Cc1nc(NCc2ncnn2C(C)C)c2cnn(-c3ccccc3)c2n1. The van der Waals surface area contributed by atoms with E-state index in [9.17, 15) is 0 Å². The summed E-state index contributed by atoms with van der Waals surface area (Å²) in [5.74, 6) is 2.29. The maximum atomic E-state index is 4.58. The molecule has 0 aliphatic carbocycles. The molecule has 1 aromatic carbocycles. The summed E-state index contributed by atoms with van der Waals surface area (Å²) in [6.45, 7) is 6.56. The summed E-state index contributed by atoms with van der Waals surface area (Å²) < 4.78 is 3.72. The van der Waals surface area contributed by atoms with Gasteiger partial charge in [0, 0.05) is 6.04 Å². The average Bonchev–Trinajstić information content (AvgIpc) is 3.27. The van der Waals surface area contributed by atoms with Gasteiger partial charge in [0.2, 0.25) is 0 Å². The maximum absolute atomic E-state index is 4.58. The van der Waals surface area contributed by atoms with Crippen molar-refractivity contribution in [3.05, 3.63) is 54.5 Å². The van der Waals surface area contributed by atoms with E-state index in [1.165, 1.54) is 0 Å². The normalized spacial score (nSPS) is 11.4. The fourth-order valence-electron chi connectivity index (χ4n) is 2.90. The molecule has 1 N–H and O–H groups in total. The highest BCUT2D eigenvalue weighted by Crippen LogP contribution is 2.23. The molecule has 0 atom stereocenters. The van der Waals surface area contributed by atoms with Gasteiger partial charge in [0.25, 0.3) is 0 Å². The standard InChI is InChI=1S/C18H20N8/c1-12(2)25-16(20-11-22-25)10-19-17-15-9-21-26(14-7-5-4-6-8-14)18(15)24-13(3)23-17/h4-9,11-12H,10H2,1-3H3,(H,19,23,24). The van der Waals surface area contributed by atoms with Gasteiger partial charge in [0.05, 0.1) is 23.8 Å². The van der Waals surface area contributed by atoms with Crippen LogP contribution in [0.1, 0.15) is 31.5 Å². The first-order valence-corrected chi connectivity index (χ1v) is 8.53. The van der Waals surface area contributed by atoms with Crippen LogP contribution < -0.4 is 5.32 Å². The van der Waals surface area contributed by atoms with Crippen LogP contribution in [0.2, 0.25) is 0 Å². The van der Waals surface area contributed by atoms with E-state index >= 15 is 0 Å². The average molecular weight is 348 g/mol. The van der Waals surface area contributed by atoms with Crippen molar-refractivity contribution in [1.82, 2.24) is 34.5 Å². The number of rotatable bonds is 5. The van der Waals surface area contributed by atoms with E-state index in [0.717, 1.165) is 28.4 Å². The van der Waals surface area contributed by atoms with Crippen LogP contribution in [0.3, 0.4) is 0 Å². The summed E-state index contributed by atoms with van der Waals surface area (Å²) in [5.41, 5.74) is 1.74. The van der Waals surface area contributed by atoms with Crippen molar-refractivity contribution in [3.8, 4) is 5.69 Å². The Hall–Kier alpha value is -3.29. The Kier molecular flexibility index (Phi) is 4.08. The molecular weight excluding hydrogens is 328 g/mol. The number of para-hydroxylation sites is 1. The molecule has 3 heterocycles. The van der Waals surface area contributed by atoms with Gasteiger partial charge in [0.15, 0.2) is 5.65 Å². The van der Waals surface area contributed by atoms with Crippen molar-refractivity contribution in [1.29, 1.82) is 0 Å². The van der Waals surface area contributed by atoms with Crippen LogP contribution in [-0.2, 0) is 6.54 Å².